The Kier molecular flexibility index (Phi) is 9.51. The molecule has 2 nitrogen and oxygen atoms in total. The van der Waals surface area contributed by atoms with E-state index in [0.717, 1.165) is 29.0 Å². The number of rotatable bonds is 9. The Balaban J connectivity index is 4.55. The average molecular weight is 302 g/mol. The Labute approximate surface area is 134 Å². The van der Waals surface area contributed by atoms with Crippen molar-refractivity contribution in [1.82, 2.24) is 5.32 Å². The van der Waals surface area contributed by atoms with Crippen molar-refractivity contribution in [3.63, 3.8) is 0 Å². The lowest BCUT2D eigenvalue weighted by Gasteiger charge is -2.10. The molecule has 0 fully saturated rings. The van der Waals surface area contributed by atoms with Crippen molar-refractivity contribution in [2.45, 2.75) is 27.2 Å². The fourth-order valence-electron chi connectivity index (χ4n) is 1.63. The molecule has 0 bridgehead atoms. The molecule has 0 aliphatic heterocycles. The van der Waals surface area contributed by atoms with Gasteiger partial charge in [-0.05, 0) is 38.0 Å². The highest BCUT2D eigenvalue weighted by atomic mass is 19.1. The molecule has 0 aromatic rings. The maximum Gasteiger partial charge on any atom is 0.116 e. The lowest BCUT2D eigenvalue weighted by Crippen LogP contribution is -2.15. The monoisotopic (exact) mass is 302 g/mol. The fourth-order valence-corrected chi connectivity index (χ4v) is 1.63. The fraction of sp³-hybridized carbons (Fsp3) is 0.316. The first-order valence-corrected chi connectivity index (χ1v) is 7.17. The Hall–Kier alpha value is -2.16. The predicted octanol–water partition coefficient (Wildman–Crippen LogP) is 5.06. The van der Waals surface area contributed by atoms with E-state index >= 15 is 0 Å². The Morgan fingerprint density at radius 1 is 1.18 bits per heavy atom. The third-order valence-corrected chi connectivity index (χ3v) is 3.16. The van der Waals surface area contributed by atoms with Crippen LogP contribution in [0.25, 0.3) is 0 Å². The Morgan fingerprint density at radius 2 is 1.82 bits per heavy atom. The zero-order valence-electron chi connectivity index (χ0n) is 14.2. The molecular weight excluding hydrogens is 275 g/mol. The number of allylic oxidation sites excluding steroid dienone is 6. The molecule has 0 saturated heterocycles. The number of hydrogen-bond donors (Lipinski definition) is 1. The summed E-state index contributed by atoms with van der Waals surface area (Å²) >= 11 is 0. The minimum absolute atomic E-state index is 0.480. The van der Waals surface area contributed by atoms with E-state index in [4.69, 9.17) is 0 Å². The van der Waals surface area contributed by atoms with Gasteiger partial charge in [0.25, 0.3) is 0 Å². The molecule has 0 radical (unpaired) electrons. The zero-order valence-corrected chi connectivity index (χ0v) is 14.2. The van der Waals surface area contributed by atoms with Gasteiger partial charge >= 0.3 is 0 Å². The van der Waals surface area contributed by atoms with Crippen LogP contribution in [0.15, 0.2) is 77.3 Å². The van der Waals surface area contributed by atoms with Gasteiger partial charge in [0, 0.05) is 31.4 Å². The molecule has 0 heterocycles. The quantitative estimate of drug-likeness (QED) is 0.467. The van der Waals surface area contributed by atoms with Gasteiger partial charge in [0.15, 0.2) is 0 Å². The topological polar surface area (TPSA) is 24.4 Å². The van der Waals surface area contributed by atoms with Crippen molar-refractivity contribution in [3.05, 3.63) is 72.3 Å². The summed E-state index contributed by atoms with van der Waals surface area (Å²) in [5, 5.41) is 3.16. The van der Waals surface area contributed by atoms with Gasteiger partial charge in [0.2, 0.25) is 0 Å². The maximum atomic E-state index is 12.7. The van der Waals surface area contributed by atoms with Crippen molar-refractivity contribution in [1.29, 1.82) is 0 Å². The number of halogens is 1. The van der Waals surface area contributed by atoms with Crippen LogP contribution in [-0.4, -0.2) is 19.3 Å². The van der Waals surface area contributed by atoms with Gasteiger partial charge in [0.1, 0.15) is 5.83 Å². The summed E-state index contributed by atoms with van der Waals surface area (Å²) in [5.41, 5.74) is 4.95. The number of hydrogen-bond acceptors (Lipinski definition) is 2. The third-order valence-electron chi connectivity index (χ3n) is 3.16. The molecule has 0 atom stereocenters. The van der Waals surface area contributed by atoms with Crippen LogP contribution >= 0.6 is 0 Å². The van der Waals surface area contributed by atoms with Gasteiger partial charge in [-0.3, -0.25) is 4.99 Å². The highest BCUT2D eigenvalue weighted by molar-refractivity contribution is 5.97. The van der Waals surface area contributed by atoms with Crippen LogP contribution in [0.3, 0.4) is 0 Å². The predicted molar refractivity (Wildman–Crippen MR) is 96.8 cm³/mol. The lowest BCUT2D eigenvalue weighted by molar-refractivity contribution is 0.668. The second-order valence-electron chi connectivity index (χ2n) is 5.18. The lowest BCUT2D eigenvalue weighted by atomic mass is 10.1. The molecule has 0 spiro atoms. The summed E-state index contributed by atoms with van der Waals surface area (Å²) in [6.45, 7) is 17.4. The standard InChI is InChI=1S/C19H27FN2/c1-8-19(12-16(4)20)13-22-17(5)11-14(2)9-10-15(3)18(6)21-7/h8-10,12,22H,1,4-5,11,13H2,2-3,6-7H3/b14-9+,15-10+,19-12+,21-18?. The van der Waals surface area contributed by atoms with E-state index in [2.05, 4.69) is 36.1 Å². The summed E-state index contributed by atoms with van der Waals surface area (Å²) < 4.78 is 12.7. The van der Waals surface area contributed by atoms with Crippen molar-refractivity contribution in [2.24, 2.45) is 4.99 Å². The van der Waals surface area contributed by atoms with Crippen LogP contribution in [0.1, 0.15) is 27.2 Å². The second-order valence-corrected chi connectivity index (χ2v) is 5.18. The molecule has 0 aliphatic rings. The molecule has 0 amide bonds. The molecule has 0 saturated carbocycles. The van der Waals surface area contributed by atoms with Crippen LogP contribution in [-0.2, 0) is 0 Å². The van der Waals surface area contributed by atoms with Gasteiger partial charge in [-0.2, -0.15) is 0 Å². The van der Waals surface area contributed by atoms with Crippen LogP contribution in [0.4, 0.5) is 4.39 Å². The highest BCUT2D eigenvalue weighted by Crippen LogP contribution is 2.09. The van der Waals surface area contributed by atoms with Gasteiger partial charge in [0.05, 0.1) is 0 Å². The van der Waals surface area contributed by atoms with Crippen molar-refractivity contribution in [2.75, 3.05) is 13.6 Å². The van der Waals surface area contributed by atoms with E-state index in [1.807, 2.05) is 26.8 Å². The van der Waals surface area contributed by atoms with E-state index in [1.54, 1.807) is 13.1 Å². The van der Waals surface area contributed by atoms with Crippen molar-refractivity contribution < 1.29 is 4.39 Å². The summed E-state index contributed by atoms with van der Waals surface area (Å²) in [7, 11) is 1.78. The second kappa shape index (κ2) is 10.6. The minimum atomic E-state index is -0.480. The summed E-state index contributed by atoms with van der Waals surface area (Å²) in [4.78, 5) is 4.14. The highest BCUT2D eigenvalue weighted by Gasteiger charge is 1.98. The van der Waals surface area contributed by atoms with Crippen LogP contribution in [0.5, 0.6) is 0 Å². The molecule has 0 aromatic carbocycles. The van der Waals surface area contributed by atoms with Crippen LogP contribution in [0, 0.1) is 0 Å². The van der Waals surface area contributed by atoms with Crippen molar-refractivity contribution in [3.8, 4) is 0 Å². The molecule has 0 aromatic heterocycles. The smallest absolute Gasteiger partial charge is 0.116 e. The molecule has 1 N–H and O–H groups in total. The molecule has 120 valence electrons. The first kappa shape index (κ1) is 19.8. The molecular formula is C19H27FN2. The van der Waals surface area contributed by atoms with E-state index in [-0.39, 0.29) is 0 Å². The maximum absolute atomic E-state index is 12.7. The Morgan fingerprint density at radius 3 is 2.32 bits per heavy atom. The van der Waals surface area contributed by atoms with E-state index in [0.29, 0.717) is 6.54 Å². The number of nitrogens with one attached hydrogen (secondary N) is 1. The number of aliphatic imine (C=N–C) groups is 1. The van der Waals surface area contributed by atoms with E-state index < -0.39 is 5.83 Å². The molecule has 22 heavy (non-hydrogen) atoms. The molecule has 0 rings (SSSR count). The molecule has 0 aliphatic carbocycles. The Bertz CT molecular complexity index is 546. The SMILES string of the molecule is C=C/C(=C\C(=C)F)CNC(=C)C/C(C)=C/C=C(\C)C(C)=NC. The molecule has 3 heteroatoms. The first-order chi connectivity index (χ1) is 10.3. The van der Waals surface area contributed by atoms with Gasteiger partial charge in [-0.25, -0.2) is 4.39 Å². The zero-order chi connectivity index (χ0) is 17.1. The number of nitrogens with zero attached hydrogens (tertiary/aromatic N) is 1. The third kappa shape index (κ3) is 8.90. The van der Waals surface area contributed by atoms with Gasteiger partial charge in [-0.1, -0.05) is 43.5 Å². The van der Waals surface area contributed by atoms with Crippen molar-refractivity contribution >= 4 is 5.71 Å². The van der Waals surface area contributed by atoms with Crippen LogP contribution in [0.2, 0.25) is 0 Å². The molecule has 0 unspecified atom stereocenters. The van der Waals surface area contributed by atoms with Gasteiger partial charge in [-0.15, -0.1) is 0 Å². The van der Waals surface area contributed by atoms with E-state index in [9.17, 15) is 4.39 Å². The normalized spacial score (nSPS) is 13.9. The minimum Gasteiger partial charge on any atom is -0.384 e. The largest absolute Gasteiger partial charge is 0.384 e. The summed E-state index contributed by atoms with van der Waals surface area (Å²) in [6.07, 6.45) is 7.80. The first-order valence-electron chi connectivity index (χ1n) is 7.17. The summed E-state index contributed by atoms with van der Waals surface area (Å²) in [6, 6.07) is 0. The average Bonchev–Trinajstić information content (AvgIpc) is 2.47. The van der Waals surface area contributed by atoms with E-state index in [1.165, 1.54) is 11.6 Å². The van der Waals surface area contributed by atoms with Crippen LogP contribution < -0.4 is 5.32 Å². The van der Waals surface area contributed by atoms with Gasteiger partial charge < -0.3 is 5.32 Å². The summed E-state index contributed by atoms with van der Waals surface area (Å²) in [5.74, 6) is -0.480.